The van der Waals surface area contributed by atoms with E-state index in [1.807, 2.05) is 0 Å². The molecule has 0 radical (unpaired) electrons. The molecule has 2 amide bonds. The number of fused-ring (bicyclic) bond motifs is 1. The molecule has 28 heavy (non-hydrogen) atoms. The number of hydrogen-bond acceptors (Lipinski definition) is 4. The molecule has 4 rings (SSSR count). The Morgan fingerprint density at radius 3 is 2.54 bits per heavy atom. The molecule has 0 spiro atoms. The second-order valence-electron chi connectivity index (χ2n) is 6.55. The molecular formula is C20H17FN4O3. The molecule has 3 heterocycles. The van der Waals surface area contributed by atoms with Gasteiger partial charge in [0.25, 0.3) is 17.6 Å². The Kier molecular flexibility index (Phi) is 4.60. The molecule has 0 atom stereocenters. The topological polar surface area (TPSA) is 86.4 Å². The standard InChI is InChI=1S/C20H17FN4O3/c21-14-3-1-2-13(10-14)19(27)24-6-8-25(9-7-24)20(28)18(26)16-11-23-17-12-22-5-4-15(16)17/h1-5,10-12,23H,6-9H2. The number of nitrogens with one attached hydrogen (secondary N) is 1. The number of halogens is 1. The molecule has 1 N–H and O–H groups in total. The molecule has 0 unspecified atom stereocenters. The van der Waals surface area contributed by atoms with Crippen molar-refractivity contribution >= 4 is 28.5 Å². The van der Waals surface area contributed by atoms with Gasteiger partial charge in [-0.2, -0.15) is 0 Å². The Morgan fingerprint density at radius 1 is 1.04 bits per heavy atom. The Labute approximate surface area is 159 Å². The summed E-state index contributed by atoms with van der Waals surface area (Å²) in [4.78, 5) is 47.6. The molecule has 1 fully saturated rings. The first-order valence-corrected chi connectivity index (χ1v) is 8.84. The number of carbonyl (C=O) groups excluding carboxylic acids is 3. The smallest absolute Gasteiger partial charge is 0.295 e. The van der Waals surface area contributed by atoms with Gasteiger partial charge in [0.2, 0.25) is 0 Å². The Morgan fingerprint density at radius 2 is 1.79 bits per heavy atom. The van der Waals surface area contributed by atoms with E-state index in [1.54, 1.807) is 29.4 Å². The fourth-order valence-corrected chi connectivity index (χ4v) is 3.34. The predicted molar refractivity (Wildman–Crippen MR) is 99.3 cm³/mol. The Bertz CT molecular complexity index is 1070. The number of pyridine rings is 1. The summed E-state index contributed by atoms with van der Waals surface area (Å²) in [6.45, 7) is 1.06. The molecule has 0 saturated carbocycles. The second-order valence-corrected chi connectivity index (χ2v) is 6.55. The highest BCUT2D eigenvalue weighted by molar-refractivity contribution is 6.44. The number of piperazine rings is 1. The van der Waals surface area contributed by atoms with Gasteiger partial charge in [-0.15, -0.1) is 0 Å². The van der Waals surface area contributed by atoms with Crippen molar-refractivity contribution in [1.82, 2.24) is 19.8 Å². The van der Waals surface area contributed by atoms with E-state index < -0.39 is 17.5 Å². The number of nitrogens with zero attached hydrogens (tertiary/aromatic N) is 3. The maximum Gasteiger partial charge on any atom is 0.295 e. The second kappa shape index (κ2) is 7.22. The minimum absolute atomic E-state index is 0.246. The van der Waals surface area contributed by atoms with Crippen molar-refractivity contribution in [1.29, 1.82) is 0 Å². The third-order valence-electron chi connectivity index (χ3n) is 4.85. The Balaban J connectivity index is 1.42. The van der Waals surface area contributed by atoms with Gasteiger partial charge < -0.3 is 14.8 Å². The van der Waals surface area contributed by atoms with E-state index in [0.717, 1.165) is 0 Å². The van der Waals surface area contributed by atoms with Gasteiger partial charge in [-0.05, 0) is 24.3 Å². The number of benzene rings is 1. The van der Waals surface area contributed by atoms with Crippen molar-refractivity contribution in [3.05, 3.63) is 65.9 Å². The lowest BCUT2D eigenvalue weighted by Gasteiger charge is -2.34. The zero-order valence-electron chi connectivity index (χ0n) is 14.9. The van der Waals surface area contributed by atoms with Crippen LogP contribution in [0.5, 0.6) is 0 Å². The van der Waals surface area contributed by atoms with E-state index in [0.29, 0.717) is 16.5 Å². The van der Waals surface area contributed by atoms with E-state index in [9.17, 15) is 18.8 Å². The molecule has 1 aliphatic rings. The van der Waals surface area contributed by atoms with Crippen molar-refractivity contribution in [2.45, 2.75) is 0 Å². The molecule has 0 bridgehead atoms. The molecule has 142 valence electrons. The van der Waals surface area contributed by atoms with Crippen LogP contribution in [-0.4, -0.2) is 63.5 Å². The van der Waals surface area contributed by atoms with Crippen LogP contribution in [0.1, 0.15) is 20.7 Å². The van der Waals surface area contributed by atoms with Crippen molar-refractivity contribution in [2.75, 3.05) is 26.2 Å². The number of Topliss-reactive ketones (excluding diaryl/α,β-unsaturated/α-hetero) is 1. The van der Waals surface area contributed by atoms with Gasteiger partial charge in [0.1, 0.15) is 5.82 Å². The minimum Gasteiger partial charge on any atom is -0.359 e. The number of amides is 2. The first kappa shape index (κ1) is 17.8. The van der Waals surface area contributed by atoms with Crippen LogP contribution in [0, 0.1) is 5.82 Å². The summed E-state index contributed by atoms with van der Waals surface area (Å²) in [5.41, 5.74) is 1.26. The van der Waals surface area contributed by atoms with Crippen molar-refractivity contribution in [3.8, 4) is 0 Å². The number of aromatic nitrogens is 2. The summed E-state index contributed by atoms with van der Waals surface area (Å²) < 4.78 is 13.3. The largest absolute Gasteiger partial charge is 0.359 e. The lowest BCUT2D eigenvalue weighted by atomic mass is 10.1. The van der Waals surface area contributed by atoms with Gasteiger partial charge in [0, 0.05) is 49.5 Å². The average molecular weight is 380 g/mol. The molecule has 3 aromatic rings. The van der Waals surface area contributed by atoms with E-state index in [4.69, 9.17) is 0 Å². The van der Waals surface area contributed by atoms with E-state index in [-0.39, 0.29) is 37.6 Å². The third-order valence-corrected chi connectivity index (χ3v) is 4.85. The third kappa shape index (κ3) is 3.24. The number of ketones is 1. The van der Waals surface area contributed by atoms with Crippen molar-refractivity contribution in [2.24, 2.45) is 0 Å². The van der Waals surface area contributed by atoms with Crippen LogP contribution in [0.4, 0.5) is 4.39 Å². The zero-order valence-corrected chi connectivity index (χ0v) is 14.9. The van der Waals surface area contributed by atoms with E-state index in [2.05, 4.69) is 9.97 Å². The maximum absolute atomic E-state index is 13.3. The number of H-pyrrole nitrogens is 1. The van der Waals surface area contributed by atoms with Crippen LogP contribution >= 0.6 is 0 Å². The molecule has 1 aromatic carbocycles. The minimum atomic E-state index is -0.601. The van der Waals surface area contributed by atoms with Crippen molar-refractivity contribution in [3.63, 3.8) is 0 Å². The fourth-order valence-electron chi connectivity index (χ4n) is 3.34. The SMILES string of the molecule is O=C(C(=O)N1CCN(C(=O)c2cccc(F)c2)CC1)c1c[nH]c2cnccc12. The van der Waals surface area contributed by atoms with Crippen LogP contribution in [0.2, 0.25) is 0 Å². The molecule has 1 aliphatic heterocycles. The van der Waals surface area contributed by atoms with Gasteiger partial charge in [-0.3, -0.25) is 19.4 Å². The molecule has 7 nitrogen and oxygen atoms in total. The number of aromatic amines is 1. The number of carbonyl (C=O) groups is 3. The van der Waals surface area contributed by atoms with Gasteiger partial charge >= 0.3 is 0 Å². The monoisotopic (exact) mass is 380 g/mol. The molecule has 1 saturated heterocycles. The highest BCUT2D eigenvalue weighted by Gasteiger charge is 2.30. The molecule has 2 aromatic heterocycles. The lowest BCUT2D eigenvalue weighted by molar-refractivity contribution is -0.127. The lowest BCUT2D eigenvalue weighted by Crippen LogP contribution is -2.52. The van der Waals surface area contributed by atoms with Gasteiger partial charge in [0.15, 0.2) is 0 Å². The normalized spacial score (nSPS) is 14.3. The Hall–Kier alpha value is -3.55. The van der Waals surface area contributed by atoms with Crippen LogP contribution in [-0.2, 0) is 4.79 Å². The van der Waals surface area contributed by atoms with Gasteiger partial charge in [-0.1, -0.05) is 6.07 Å². The van der Waals surface area contributed by atoms with Crippen LogP contribution in [0.25, 0.3) is 10.9 Å². The van der Waals surface area contributed by atoms with Gasteiger partial charge in [0.05, 0.1) is 17.3 Å². The molecular weight excluding hydrogens is 363 g/mol. The first-order valence-electron chi connectivity index (χ1n) is 8.84. The summed E-state index contributed by atoms with van der Waals surface area (Å²) >= 11 is 0. The van der Waals surface area contributed by atoms with Crippen LogP contribution in [0.3, 0.4) is 0 Å². The fraction of sp³-hybridized carbons (Fsp3) is 0.200. The molecule has 0 aliphatic carbocycles. The van der Waals surface area contributed by atoms with Gasteiger partial charge in [-0.25, -0.2) is 4.39 Å². The molecule has 8 heteroatoms. The van der Waals surface area contributed by atoms with Crippen LogP contribution in [0.15, 0.2) is 48.9 Å². The zero-order chi connectivity index (χ0) is 19.7. The van der Waals surface area contributed by atoms with E-state index >= 15 is 0 Å². The summed E-state index contributed by atoms with van der Waals surface area (Å²) in [7, 11) is 0. The summed E-state index contributed by atoms with van der Waals surface area (Å²) in [5.74, 6) is -1.96. The quantitative estimate of drug-likeness (QED) is 0.555. The van der Waals surface area contributed by atoms with E-state index in [1.165, 1.54) is 29.3 Å². The highest BCUT2D eigenvalue weighted by Crippen LogP contribution is 2.18. The highest BCUT2D eigenvalue weighted by atomic mass is 19.1. The average Bonchev–Trinajstić information content (AvgIpc) is 3.16. The summed E-state index contributed by atoms with van der Waals surface area (Å²) in [6.07, 6.45) is 4.66. The van der Waals surface area contributed by atoms with Crippen LogP contribution < -0.4 is 0 Å². The summed E-state index contributed by atoms with van der Waals surface area (Å²) in [5, 5.41) is 0.647. The summed E-state index contributed by atoms with van der Waals surface area (Å²) in [6, 6.07) is 7.19. The number of rotatable bonds is 3. The van der Waals surface area contributed by atoms with Crippen molar-refractivity contribution < 1.29 is 18.8 Å². The number of hydrogen-bond donors (Lipinski definition) is 1. The maximum atomic E-state index is 13.3. The predicted octanol–water partition coefficient (Wildman–Crippen LogP) is 1.87. The first-order chi connectivity index (χ1) is 13.5.